The number of imidazole rings is 1. The number of aliphatic hydroxyl groups is 1. The molecule has 0 saturated carbocycles. The van der Waals surface area contributed by atoms with Crippen molar-refractivity contribution < 1.29 is 9.84 Å². The summed E-state index contributed by atoms with van der Waals surface area (Å²) in [6, 6.07) is 14.4. The number of aryl methyl sites for hydroxylation is 2. The summed E-state index contributed by atoms with van der Waals surface area (Å²) >= 11 is 0. The number of nitrogens with zero attached hydrogens (tertiary/aromatic N) is 4. The van der Waals surface area contributed by atoms with E-state index in [0.29, 0.717) is 30.4 Å². The number of aliphatic hydroxyl groups excluding tert-OH is 1. The molecule has 0 aliphatic rings. The molecule has 0 radical (unpaired) electrons. The van der Waals surface area contributed by atoms with E-state index in [2.05, 4.69) is 36.3 Å². The van der Waals surface area contributed by atoms with E-state index in [1.807, 2.05) is 30.3 Å². The van der Waals surface area contributed by atoms with Crippen molar-refractivity contribution in [1.82, 2.24) is 24.0 Å². The van der Waals surface area contributed by atoms with E-state index in [4.69, 9.17) is 4.74 Å². The van der Waals surface area contributed by atoms with Gasteiger partial charge in [-0.2, -0.15) is 0 Å². The maximum Gasteiger partial charge on any atom is 0.332 e. The van der Waals surface area contributed by atoms with Gasteiger partial charge in [0.1, 0.15) is 18.5 Å². The Morgan fingerprint density at radius 3 is 2.45 bits per heavy atom. The van der Waals surface area contributed by atoms with Gasteiger partial charge in [0.05, 0.1) is 6.33 Å². The lowest BCUT2D eigenvalue weighted by Gasteiger charge is -2.15. The lowest BCUT2D eigenvalue weighted by molar-refractivity contribution is 0.105. The molecule has 0 amide bonds. The van der Waals surface area contributed by atoms with Gasteiger partial charge < -0.3 is 19.7 Å². The quantitative estimate of drug-likeness (QED) is 0.459. The number of hydrogen-bond acceptors (Lipinski definition) is 6. The highest BCUT2D eigenvalue weighted by atomic mass is 16.5. The molecule has 2 aromatic heterocycles. The summed E-state index contributed by atoms with van der Waals surface area (Å²) in [6.45, 7) is 4.95. The van der Waals surface area contributed by atoms with Crippen LogP contribution in [0.1, 0.15) is 13.8 Å². The fraction of sp³-hybridized carbons (Fsp3) is 0.375. The molecule has 0 saturated heterocycles. The molecular weight excluding hydrogens is 422 g/mol. The van der Waals surface area contributed by atoms with Crippen LogP contribution in [0.15, 0.2) is 58.4 Å². The van der Waals surface area contributed by atoms with Gasteiger partial charge in [0, 0.05) is 39.1 Å². The predicted octanol–water partition coefficient (Wildman–Crippen LogP) is 1.55. The molecular formula is C24H31N5O4. The van der Waals surface area contributed by atoms with Crippen LogP contribution in [0.5, 0.6) is 5.75 Å². The zero-order chi connectivity index (χ0) is 24.1. The van der Waals surface area contributed by atoms with Crippen LogP contribution in [-0.2, 0) is 21.1 Å². The average Bonchev–Trinajstić information content (AvgIpc) is 3.20. The minimum atomic E-state index is -0.499. The first-order valence-electron chi connectivity index (χ1n) is 10.8. The van der Waals surface area contributed by atoms with Gasteiger partial charge in [-0.3, -0.25) is 13.9 Å². The molecule has 176 valence electrons. The number of hydrogen-bond donors (Lipinski definition) is 2. The molecule has 0 fully saturated rings. The zero-order valence-corrected chi connectivity index (χ0v) is 19.6. The summed E-state index contributed by atoms with van der Waals surface area (Å²) < 4.78 is 9.76. The molecule has 1 atom stereocenters. The summed E-state index contributed by atoms with van der Waals surface area (Å²) in [4.78, 5) is 27.2. The Kier molecular flexibility index (Phi) is 7.67. The number of rotatable bonds is 6. The standard InChI is InChI=1S/C16H21NO2.C8H10N4O2/c1-12(2)17-10-14(18)11-19-16-9-5-7-13-6-3-4-8-15(13)16;1-10-4-9-6-5(10)7(13)12(3)8(14)11(6)2/h3-9,12,14,17-18H,10-11H2,1-2H3;4H,1-3H3. The second-order valence-electron chi connectivity index (χ2n) is 8.24. The number of nitrogens with one attached hydrogen (secondary N) is 1. The Morgan fingerprint density at radius 1 is 1.03 bits per heavy atom. The van der Waals surface area contributed by atoms with Gasteiger partial charge in [-0.15, -0.1) is 0 Å². The number of ether oxygens (including phenoxy) is 1. The Hall–Kier alpha value is -3.43. The van der Waals surface area contributed by atoms with Crippen molar-refractivity contribution in [2.24, 2.45) is 21.1 Å². The molecule has 2 heterocycles. The molecule has 9 heteroatoms. The van der Waals surface area contributed by atoms with E-state index < -0.39 is 6.10 Å². The van der Waals surface area contributed by atoms with Gasteiger partial charge in [-0.05, 0) is 11.5 Å². The molecule has 2 N–H and O–H groups in total. The molecule has 0 aliphatic heterocycles. The molecule has 2 aromatic carbocycles. The smallest absolute Gasteiger partial charge is 0.332 e. The third-order valence-electron chi connectivity index (χ3n) is 5.26. The molecule has 9 nitrogen and oxygen atoms in total. The fourth-order valence-corrected chi connectivity index (χ4v) is 3.41. The SMILES string of the molecule is CC(C)NCC(O)COc1cccc2ccccc12.Cn1c(=O)c2c(ncn2C)n(C)c1=O. The van der Waals surface area contributed by atoms with Crippen LogP contribution in [0.4, 0.5) is 0 Å². The van der Waals surface area contributed by atoms with E-state index >= 15 is 0 Å². The fourth-order valence-electron chi connectivity index (χ4n) is 3.41. The highest BCUT2D eigenvalue weighted by Crippen LogP contribution is 2.25. The Morgan fingerprint density at radius 2 is 1.73 bits per heavy atom. The Labute approximate surface area is 191 Å². The summed E-state index contributed by atoms with van der Waals surface area (Å²) in [7, 11) is 4.77. The molecule has 0 spiro atoms. The van der Waals surface area contributed by atoms with Crippen molar-refractivity contribution in [3.8, 4) is 5.75 Å². The molecule has 4 aromatic rings. The first-order chi connectivity index (χ1) is 15.7. The second-order valence-corrected chi connectivity index (χ2v) is 8.24. The number of benzene rings is 2. The van der Waals surface area contributed by atoms with Crippen molar-refractivity contribution in [2.75, 3.05) is 13.2 Å². The maximum absolute atomic E-state index is 11.7. The van der Waals surface area contributed by atoms with Gasteiger partial charge in [-0.25, -0.2) is 9.78 Å². The lowest BCUT2D eigenvalue weighted by atomic mass is 10.1. The molecule has 4 rings (SSSR count). The van der Waals surface area contributed by atoms with Crippen LogP contribution in [0.25, 0.3) is 21.9 Å². The summed E-state index contributed by atoms with van der Waals surface area (Å²) in [5, 5.41) is 15.3. The van der Waals surface area contributed by atoms with Crippen LogP contribution < -0.4 is 21.3 Å². The number of aromatic nitrogens is 4. The third kappa shape index (κ3) is 5.50. The van der Waals surface area contributed by atoms with Crippen LogP contribution in [0, 0.1) is 0 Å². The van der Waals surface area contributed by atoms with Crippen molar-refractivity contribution in [3.63, 3.8) is 0 Å². The Balaban J connectivity index is 0.000000194. The molecule has 0 aliphatic carbocycles. The average molecular weight is 454 g/mol. The van der Waals surface area contributed by atoms with Gasteiger partial charge >= 0.3 is 5.69 Å². The van der Waals surface area contributed by atoms with E-state index in [-0.39, 0.29) is 11.2 Å². The van der Waals surface area contributed by atoms with Crippen LogP contribution in [0.3, 0.4) is 0 Å². The van der Waals surface area contributed by atoms with E-state index in [1.54, 1.807) is 18.7 Å². The highest BCUT2D eigenvalue weighted by Gasteiger charge is 2.11. The topological polar surface area (TPSA) is 103 Å². The first-order valence-corrected chi connectivity index (χ1v) is 10.8. The van der Waals surface area contributed by atoms with Crippen LogP contribution in [0.2, 0.25) is 0 Å². The third-order valence-corrected chi connectivity index (χ3v) is 5.26. The van der Waals surface area contributed by atoms with Gasteiger partial charge in [-0.1, -0.05) is 50.2 Å². The lowest BCUT2D eigenvalue weighted by Crippen LogP contribution is -2.37. The zero-order valence-electron chi connectivity index (χ0n) is 19.6. The minimum absolute atomic E-state index is 0.299. The largest absolute Gasteiger partial charge is 0.490 e. The monoisotopic (exact) mass is 453 g/mol. The van der Waals surface area contributed by atoms with Crippen molar-refractivity contribution in [1.29, 1.82) is 0 Å². The second kappa shape index (κ2) is 10.5. The van der Waals surface area contributed by atoms with Crippen molar-refractivity contribution >= 4 is 21.9 Å². The minimum Gasteiger partial charge on any atom is -0.490 e. The predicted molar refractivity (Wildman–Crippen MR) is 130 cm³/mol. The van der Waals surface area contributed by atoms with Crippen molar-refractivity contribution in [2.45, 2.75) is 26.0 Å². The van der Waals surface area contributed by atoms with E-state index in [0.717, 1.165) is 21.1 Å². The van der Waals surface area contributed by atoms with Gasteiger partial charge in [0.25, 0.3) is 5.56 Å². The molecule has 0 bridgehead atoms. The van der Waals surface area contributed by atoms with Crippen LogP contribution >= 0.6 is 0 Å². The molecule has 1 unspecified atom stereocenters. The number of fused-ring (bicyclic) bond motifs is 2. The van der Waals surface area contributed by atoms with Gasteiger partial charge in [0.15, 0.2) is 11.2 Å². The maximum atomic E-state index is 11.7. The van der Waals surface area contributed by atoms with Crippen LogP contribution in [-0.4, -0.2) is 49.1 Å². The van der Waals surface area contributed by atoms with Crippen molar-refractivity contribution in [3.05, 3.63) is 69.6 Å². The van der Waals surface area contributed by atoms with E-state index in [1.165, 1.54) is 17.9 Å². The molecule has 33 heavy (non-hydrogen) atoms. The summed E-state index contributed by atoms with van der Waals surface area (Å²) in [5.41, 5.74) is 0.180. The summed E-state index contributed by atoms with van der Waals surface area (Å²) in [6.07, 6.45) is 1.02. The highest BCUT2D eigenvalue weighted by molar-refractivity contribution is 5.88. The normalized spacial score (nSPS) is 12.1. The van der Waals surface area contributed by atoms with Gasteiger partial charge in [0.2, 0.25) is 0 Å². The first kappa shape index (κ1) is 24.2. The van der Waals surface area contributed by atoms with E-state index in [9.17, 15) is 14.7 Å². The Bertz CT molecular complexity index is 1350. The summed E-state index contributed by atoms with van der Waals surface area (Å²) in [5.74, 6) is 0.821.